The minimum atomic E-state index is -1.77. The van der Waals surface area contributed by atoms with Gasteiger partial charge in [0, 0.05) is 12.1 Å². The third kappa shape index (κ3) is 9.81. The van der Waals surface area contributed by atoms with E-state index in [0.717, 1.165) is 28.2 Å². The Morgan fingerprint density at radius 2 is 1.08 bits per heavy atom. The first-order chi connectivity index (χ1) is 22.0. The topological polar surface area (TPSA) is 235 Å². The second-order valence-corrected chi connectivity index (χ2v) is 10.4. The Hall–Kier alpha value is -2.33. The van der Waals surface area contributed by atoms with Crippen molar-refractivity contribution in [1.82, 2.24) is 34.2 Å². The number of pyridine rings is 3. The maximum absolute atomic E-state index is 12.2. The van der Waals surface area contributed by atoms with Gasteiger partial charge in [-0.2, -0.15) is 9.97 Å². The SMILES string of the molecule is COc1ccc(-c2cc(-c3cccc([N+](C)(C(=O)[O-])N(C)C(=O)O)n3)nc(-c3cccc([N+](C)(C(=O)[O-])N(C)C(=O)O)n3)c2)cc1N.[NaH].[NaH].[NaH].[NaH]. The molecule has 4 aromatic rings. The molecule has 252 valence electrons. The van der Waals surface area contributed by atoms with E-state index in [0.29, 0.717) is 32.6 Å². The first-order valence-electron chi connectivity index (χ1n) is 13.6. The quantitative estimate of drug-likeness (QED) is 0.0978. The number of carbonyl (C=O) groups is 4. The Bertz CT molecular complexity index is 1820. The summed E-state index contributed by atoms with van der Waals surface area (Å²) in [5, 5.41) is 44.5. The molecule has 0 aliphatic rings. The van der Waals surface area contributed by atoms with Crippen LogP contribution in [-0.2, 0) is 0 Å². The standard InChI is InChI=1S/C30H30N8O9.4Na.4H/c1-35(27(39)40)37(3,29(43)44)25-10-6-8-20(33-25)22-15-18(17-12-13-24(47-5)19(31)14-17)16-23(32-22)21-9-7-11-26(34-21)38(4,30(45)46)36(2)28(41)42;;;;;;;;/h6-16H,31H2,1-5H3,(H2-2,39,40,41,42,43,44,45,46);;;;;;;;. The van der Waals surface area contributed by atoms with Crippen LogP contribution in [0.15, 0.2) is 66.7 Å². The van der Waals surface area contributed by atoms with Gasteiger partial charge in [-0.15, -0.1) is 19.2 Å². The van der Waals surface area contributed by atoms with Gasteiger partial charge in [0.15, 0.2) is 0 Å². The summed E-state index contributed by atoms with van der Waals surface area (Å²) in [6.45, 7) is 0. The van der Waals surface area contributed by atoms with Crippen molar-refractivity contribution in [2.75, 3.05) is 41.0 Å². The van der Waals surface area contributed by atoms with Crippen LogP contribution in [-0.4, -0.2) is 213 Å². The van der Waals surface area contributed by atoms with E-state index in [1.807, 2.05) is 0 Å². The van der Waals surface area contributed by atoms with E-state index in [2.05, 4.69) is 15.0 Å². The number of rotatable bonds is 6. The van der Waals surface area contributed by atoms with E-state index in [9.17, 15) is 39.6 Å². The van der Waals surface area contributed by atoms with Gasteiger partial charge in [0.05, 0.1) is 49.7 Å². The molecule has 0 spiro atoms. The molecule has 0 fully saturated rings. The van der Waals surface area contributed by atoms with E-state index in [-0.39, 0.29) is 153 Å². The first kappa shape index (κ1) is 48.7. The molecule has 17 nitrogen and oxygen atoms in total. The molecule has 3 heterocycles. The molecule has 4 rings (SSSR count). The zero-order valence-electron chi connectivity index (χ0n) is 25.8. The number of carboxylic acid groups (broad SMARTS) is 4. The maximum atomic E-state index is 12.2. The number of benzene rings is 1. The predicted molar refractivity (Wildman–Crippen MR) is 193 cm³/mol. The van der Waals surface area contributed by atoms with Crippen LogP contribution in [0.4, 0.5) is 36.5 Å². The molecule has 2 unspecified atom stereocenters. The summed E-state index contributed by atoms with van der Waals surface area (Å²) >= 11 is 0. The number of nitrogens with two attached hydrogens (primary N) is 1. The third-order valence-corrected chi connectivity index (χ3v) is 7.74. The van der Waals surface area contributed by atoms with E-state index in [1.165, 1.54) is 43.5 Å². The van der Waals surface area contributed by atoms with Crippen molar-refractivity contribution < 1.29 is 44.3 Å². The number of ether oxygens (including phenoxy) is 1. The molecule has 0 bridgehead atoms. The van der Waals surface area contributed by atoms with Crippen LogP contribution in [0.25, 0.3) is 33.9 Å². The van der Waals surface area contributed by atoms with Crippen molar-refractivity contribution in [2.45, 2.75) is 0 Å². The van der Waals surface area contributed by atoms with Crippen molar-refractivity contribution in [3.63, 3.8) is 0 Å². The van der Waals surface area contributed by atoms with Gasteiger partial charge in [-0.25, -0.2) is 14.6 Å². The summed E-state index contributed by atoms with van der Waals surface area (Å²) in [4.78, 5) is 61.5. The van der Waals surface area contributed by atoms with E-state index >= 15 is 0 Å². The number of hydrogen-bond donors (Lipinski definition) is 3. The number of methoxy groups -OCH3 is 1. The summed E-state index contributed by atoms with van der Waals surface area (Å²) in [7, 11) is 5.74. The van der Waals surface area contributed by atoms with Crippen LogP contribution in [0.5, 0.6) is 5.75 Å². The number of quaternary nitrogens is 2. The van der Waals surface area contributed by atoms with Crippen LogP contribution in [0.1, 0.15) is 0 Å². The normalized spacial score (nSPS) is 12.4. The van der Waals surface area contributed by atoms with Gasteiger partial charge in [0.25, 0.3) is 23.8 Å². The van der Waals surface area contributed by atoms with Crippen LogP contribution in [0.2, 0.25) is 0 Å². The number of nitrogens with zero attached hydrogens (tertiary/aromatic N) is 7. The van der Waals surface area contributed by atoms with Crippen LogP contribution in [0, 0.1) is 0 Å². The van der Waals surface area contributed by atoms with Crippen molar-refractivity contribution in [3.05, 3.63) is 66.7 Å². The summed E-state index contributed by atoms with van der Waals surface area (Å²) in [5.41, 5.74) is 8.25. The molecule has 2 atom stereocenters. The average Bonchev–Trinajstić information content (AvgIpc) is 3.06. The van der Waals surface area contributed by atoms with Crippen LogP contribution < -0.4 is 29.9 Å². The molecule has 51 heavy (non-hydrogen) atoms. The van der Waals surface area contributed by atoms with Gasteiger partial charge in [-0.1, -0.05) is 18.2 Å². The molecule has 3 aromatic heterocycles. The van der Waals surface area contributed by atoms with Gasteiger partial charge >= 0.3 is 130 Å². The molecule has 0 saturated heterocycles. The number of amides is 4. The number of anilines is 1. The number of hydrogen-bond acceptors (Lipinski definition) is 11. The second-order valence-electron chi connectivity index (χ2n) is 10.4. The Kier molecular flexibility index (Phi) is 18.8. The van der Waals surface area contributed by atoms with Gasteiger partial charge in [0.2, 0.25) is 0 Å². The van der Waals surface area contributed by atoms with Crippen molar-refractivity contribution >= 4 is 160 Å². The molecule has 0 aliphatic heterocycles. The number of nitrogen functional groups attached to an aromatic ring is 1. The van der Waals surface area contributed by atoms with Gasteiger partial charge in [-0.05, 0) is 47.5 Å². The predicted octanol–water partition coefficient (Wildman–Crippen LogP) is -0.520. The van der Waals surface area contributed by atoms with Gasteiger partial charge in [-0.3, -0.25) is 0 Å². The Labute approximate surface area is 381 Å². The fraction of sp³-hybridized carbons (Fsp3) is 0.167. The second kappa shape index (κ2) is 19.7. The summed E-state index contributed by atoms with van der Waals surface area (Å²) < 4.78 is 2.58. The molecule has 0 saturated carbocycles. The van der Waals surface area contributed by atoms with Gasteiger partial charge in [0.1, 0.15) is 19.8 Å². The number of aromatic nitrogens is 3. The van der Waals surface area contributed by atoms with E-state index in [1.54, 1.807) is 30.3 Å². The fourth-order valence-electron chi connectivity index (χ4n) is 4.57. The molecule has 0 radical (unpaired) electrons. The van der Waals surface area contributed by atoms with E-state index < -0.39 is 33.6 Å². The zero-order chi connectivity index (χ0) is 34.8. The van der Waals surface area contributed by atoms with Crippen molar-refractivity contribution in [3.8, 4) is 39.7 Å². The molecule has 4 N–H and O–H groups in total. The molecule has 1 aromatic carbocycles. The Balaban J connectivity index is 0.00000625. The van der Waals surface area contributed by atoms with Crippen molar-refractivity contribution in [1.29, 1.82) is 0 Å². The minimum absolute atomic E-state index is 0. The Morgan fingerprint density at radius 1 is 0.667 bits per heavy atom. The summed E-state index contributed by atoms with van der Waals surface area (Å²) in [6.07, 6.45) is -6.64. The Morgan fingerprint density at radius 3 is 1.41 bits per heavy atom. The summed E-state index contributed by atoms with van der Waals surface area (Å²) in [6, 6.07) is 16.9. The molecule has 4 amide bonds. The monoisotopic (exact) mass is 742 g/mol. The van der Waals surface area contributed by atoms with Crippen molar-refractivity contribution in [2.24, 2.45) is 0 Å². The molecule has 21 heteroatoms. The molecular weight excluding hydrogens is 708 g/mol. The average molecular weight is 743 g/mol. The van der Waals surface area contributed by atoms with Crippen LogP contribution in [0.3, 0.4) is 0 Å². The fourth-order valence-corrected chi connectivity index (χ4v) is 4.57. The molecule has 0 aliphatic carbocycles. The van der Waals surface area contributed by atoms with Gasteiger partial charge < -0.3 is 40.5 Å². The zero-order valence-corrected chi connectivity index (χ0v) is 25.8. The third-order valence-electron chi connectivity index (χ3n) is 7.74. The van der Waals surface area contributed by atoms with Crippen LogP contribution >= 0.6 is 0 Å². The molecular formula is C30H34N8Na4O9. The number of carbonyl (C=O) groups excluding carboxylic acids is 2. The first-order valence-corrected chi connectivity index (χ1v) is 13.6. The summed E-state index contributed by atoms with van der Waals surface area (Å²) in [5.74, 6) is -0.00171. The van der Waals surface area contributed by atoms with E-state index in [4.69, 9.17) is 10.5 Å².